The molecule has 0 aliphatic carbocycles. The van der Waals surface area contributed by atoms with Crippen LogP contribution in [0.25, 0.3) is 0 Å². The van der Waals surface area contributed by atoms with Crippen LogP contribution in [0.2, 0.25) is 0 Å². The van der Waals surface area contributed by atoms with Gasteiger partial charge in [-0.1, -0.05) is 0 Å². The van der Waals surface area contributed by atoms with E-state index in [-0.39, 0.29) is 63.2 Å². The van der Waals surface area contributed by atoms with Crippen LogP contribution in [-0.4, -0.2) is 4.21 Å². The van der Waals surface area contributed by atoms with Crippen LogP contribution in [0.15, 0.2) is 0 Å². The Morgan fingerprint density at radius 3 is 0.360 bits per heavy atom. The summed E-state index contributed by atoms with van der Waals surface area (Å²) in [6.07, 6.45) is 0. The minimum atomic E-state index is -4.56. The zero-order valence-corrected chi connectivity index (χ0v) is 24.0. The van der Waals surface area contributed by atoms with Gasteiger partial charge in [-0.3, -0.25) is 0 Å². The fourth-order valence-electron chi connectivity index (χ4n) is 0. The van der Waals surface area contributed by atoms with Gasteiger partial charge in [-0.2, -0.15) is 51.4 Å². The third kappa shape index (κ3) is 1100. The molecule has 146 valence electrons. The molecule has 0 N–H and O–H groups in total. The fourth-order valence-corrected chi connectivity index (χ4v) is 0. The predicted octanol–water partition coefficient (Wildman–Crippen LogP) is -11.2. The van der Waals surface area contributed by atoms with Gasteiger partial charge in [-0.15, -0.1) is 0 Å². The Balaban J connectivity index is -0.0000000239. The first-order valence-electron chi connectivity index (χ1n) is 3.09. The number of hydrogen-bond acceptors (Lipinski definition) is 18. The van der Waals surface area contributed by atoms with Crippen LogP contribution in [0, 0.1) is 0 Å². The maximum absolute atomic E-state index is 8.92. The first kappa shape index (κ1) is 51.7. The van der Waals surface area contributed by atoms with Crippen molar-refractivity contribution in [3.63, 3.8) is 0 Å². The molecule has 0 aliphatic heterocycles. The monoisotopic (exact) mass is 785 g/mol. The van der Waals surface area contributed by atoms with Gasteiger partial charge in [0.2, 0.25) is 0 Å². The zero-order valence-electron chi connectivity index (χ0n) is 10.4. The summed E-state index contributed by atoms with van der Waals surface area (Å²) in [5, 5.41) is 0. The van der Waals surface area contributed by atoms with Crippen LogP contribution in [-0.2, 0) is 123 Å². The molecule has 25 heteroatoms. The topological polar surface area (TPSA) is 294 Å². The molecule has 0 spiro atoms. The van der Waals surface area contributed by atoms with Gasteiger partial charge in [0.15, 0.2) is 12.5 Å². The summed E-state index contributed by atoms with van der Waals surface area (Å²) in [7, 11) is 0. The molecule has 0 saturated carbocycles. The predicted molar refractivity (Wildman–Crippen MR) is 65.3 cm³/mol. The molecule has 0 bridgehead atoms. The van der Waals surface area contributed by atoms with E-state index in [1.165, 1.54) is 0 Å². The summed E-state index contributed by atoms with van der Waals surface area (Å²) in [6.45, 7) is -18.2. The van der Waals surface area contributed by atoms with E-state index in [0.29, 0.717) is 0 Å². The summed E-state index contributed by atoms with van der Waals surface area (Å²) in [5.74, 6) is 0. The zero-order chi connectivity index (χ0) is 20.0. The van der Waals surface area contributed by atoms with E-state index >= 15 is 0 Å². The van der Waals surface area contributed by atoms with Crippen LogP contribution in [0.1, 0.15) is 0 Å². The molecule has 13 nitrogen and oxygen atoms in total. The van der Waals surface area contributed by atoms with E-state index in [1.807, 2.05) is 0 Å². The van der Waals surface area contributed by atoms with Crippen molar-refractivity contribution >= 4 is 86.6 Å². The normalized spacial score (nSPS) is 9.60. The Labute approximate surface area is 210 Å². The molecule has 0 unspecified atom stereocenters. The van der Waals surface area contributed by atoms with E-state index in [0.717, 1.165) is 0 Å². The molecule has 0 aromatic rings. The first-order valence-corrected chi connectivity index (χ1v) is 13.6. The van der Waals surface area contributed by atoms with Gasteiger partial charge in [0, 0.05) is 0 Å². The molecule has 0 aromatic heterocycles. The second-order valence-electron chi connectivity index (χ2n) is 1.79. The molecule has 0 fully saturated rings. The molecule has 0 amide bonds. The largest absolute Gasteiger partial charge is 4.00 e. The molecule has 0 aliphatic rings. The van der Waals surface area contributed by atoms with Crippen LogP contribution in [0.4, 0.5) is 0 Å². The first-order chi connectivity index (χ1) is 9.00. The minimum Gasteiger partial charge on any atom is -0.844 e. The summed E-state index contributed by atoms with van der Waals surface area (Å²) < 4.78 is 7.83. The van der Waals surface area contributed by atoms with Crippen LogP contribution < -0.4 is 58.7 Å². The number of hydrogen-bond donors (Lipinski definition) is 0. The second kappa shape index (κ2) is 26.2. The summed E-state index contributed by atoms with van der Waals surface area (Å²) in [6, 6.07) is 0. The van der Waals surface area contributed by atoms with Gasteiger partial charge < -0.3 is 85.6 Å². The Morgan fingerprint density at radius 2 is 0.360 bits per heavy atom. The van der Waals surface area contributed by atoms with E-state index < -0.39 is 26.9 Å². The quantitative estimate of drug-likeness (QED) is 0.163. The minimum absolute atomic E-state index is 0. The molecular weight excluding hydrogens is 780 g/mol. The molecule has 0 rings (SSSR count). The smallest absolute Gasteiger partial charge is 0.844 e. The van der Waals surface area contributed by atoms with Gasteiger partial charge in [0.25, 0.3) is 0 Å². The third-order valence-corrected chi connectivity index (χ3v) is 0. The average Bonchev–Trinajstić information content (AvgIpc) is 1.92. The van der Waals surface area contributed by atoms with Gasteiger partial charge in [0.1, 0.15) is 0 Å². The van der Waals surface area contributed by atoms with Crippen molar-refractivity contribution in [3.8, 4) is 0 Å². The molecule has 25 heavy (non-hydrogen) atoms. The van der Waals surface area contributed by atoms with E-state index in [2.05, 4.69) is 59.8 Å². The maximum atomic E-state index is 8.92. The van der Waals surface area contributed by atoms with Gasteiger partial charge in [0.05, 0.1) is 0 Å². The average molecular weight is 780 g/mol. The standard InChI is InChI=1S/3Mo.4H3O3PS.OS/c;;;4*1-4(2,3)5;1-2/h;;;4*(H3,1,2,3,5);/q3*+4;;;;;/p-12. The van der Waals surface area contributed by atoms with Crippen LogP contribution in [0.5, 0.6) is 0 Å². The van der Waals surface area contributed by atoms with Crippen molar-refractivity contribution < 1.29 is 126 Å². The van der Waals surface area contributed by atoms with Crippen LogP contribution >= 0.6 is 26.9 Å². The van der Waals surface area contributed by atoms with Gasteiger partial charge >= 0.3 is 63.2 Å². The van der Waals surface area contributed by atoms with Crippen molar-refractivity contribution in [2.45, 2.75) is 0 Å². The van der Waals surface area contributed by atoms with Crippen molar-refractivity contribution in [1.82, 2.24) is 0 Å². The van der Waals surface area contributed by atoms with Crippen LogP contribution in [0.3, 0.4) is 0 Å². The van der Waals surface area contributed by atoms with E-state index in [9.17, 15) is 0 Å². The molecule has 0 aromatic carbocycles. The molecule has 0 heterocycles. The van der Waals surface area contributed by atoms with Crippen molar-refractivity contribution in [2.75, 3.05) is 0 Å². The van der Waals surface area contributed by atoms with Crippen molar-refractivity contribution in [3.05, 3.63) is 0 Å². The van der Waals surface area contributed by atoms with E-state index in [4.69, 9.17) is 62.9 Å². The summed E-state index contributed by atoms with van der Waals surface area (Å²) >= 11 is 15.9. The van der Waals surface area contributed by atoms with Crippen molar-refractivity contribution in [2.24, 2.45) is 0 Å². The third-order valence-electron chi connectivity index (χ3n) is 0. The summed E-state index contributed by atoms with van der Waals surface area (Å²) in [5.41, 5.74) is 0. The molecule has 0 radical (unpaired) electrons. The van der Waals surface area contributed by atoms with Gasteiger partial charge in [-0.05, 0) is 0 Å². The van der Waals surface area contributed by atoms with Crippen molar-refractivity contribution in [1.29, 1.82) is 0 Å². The van der Waals surface area contributed by atoms with E-state index in [1.54, 1.807) is 0 Å². The SMILES string of the molecule is O=S.[Mo+4].[Mo+4].[Mo+4].[O-]P([O-])([O-])=S.[O-]P([O-])([O-])=S.[O-]P([O-])([O-])=S.[O-]P([O-])([O-])=S. The Bertz CT molecular complexity index is 322. The van der Waals surface area contributed by atoms with Gasteiger partial charge in [-0.25, -0.2) is 0 Å². The summed E-state index contributed by atoms with van der Waals surface area (Å²) in [4.78, 5) is 107. The molecular formula is Mo3O13P4S5. The Kier molecular flexibility index (Phi) is 54.2. The Morgan fingerprint density at radius 1 is 0.360 bits per heavy atom. The maximum Gasteiger partial charge on any atom is 4.00 e. The Hall–Kier alpha value is 4.20. The molecule has 0 atom stereocenters. The number of rotatable bonds is 0. The fraction of sp³-hybridized carbons (Fsp3) is 0. The second-order valence-corrected chi connectivity index (χ2v) is 10.7. The molecule has 0 saturated heterocycles.